The summed E-state index contributed by atoms with van der Waals surface area (Å²) in [4.78, 5) is 0. The fourth-order valence-electron chi connectivity index (χ4n) is 3.32. The van der Waals surface area contributed by atoms with Gasteiger partial charge in [-0.1, -0.05) is 18.2 Å². The molecule has 2 aliphatic heterocycles. The maximum absolute atomic E-state index is 6.22. The number of nitrogens with one attached hydrogen (secondary N) is 2. The fraction of sp³-hybridized carbons (Fsp3) is 0.368. The number of piperidine rings is 1. The van der Waals surface area contributed by atoms with Crippen molar-refractivity contribution < 1.29 is 9.47 Å². The van der Waals surface area contributed by atoms with Gasteiger partial charge in [0.2, 0.25) is 5.79 Å². The standard InChI is InChI=1S/C19H22N2O2/c1-20-17-4-2-3-14(12-17)15-5-6-18-16(11-15)13-22-19(23-18)7-9-21-10-8-19/h2-6,11-12,20-21H,7-10,13H2,1H3. The van der Waals surface area contributed by atoms with E-state index in [0.29, 0.717) is 6.61 Å². The van der Waals surface area contributed by atoms with Gasteiger partial charge in [-0.2, -0.15) is 0 Å². The zero-order valence-electron chi connectivity index (χ0n) is 13.4. The van der Waals surface area contributed by atoms with Crippen LogP contribution in [0.2, 0.25) is 0 Å². The number of fused-ring (bicyclic) bond motifs is 1. The van der Waals surface area contributed by atoms with Gasteiger partial charge in [0.15, 0.2) is 0 Å². The first-order valence-corrected chi connectivity index (χ1v) is 8.23. The van der Waals surface area contributed by atoms with Crippen molar-refractivity contribution in [2.75, 3.05) is 25.5 Å². The molecule has 2 aromatic carbocycles. The van der Waals surface area contributed by atoms with Crippen molar-refractivity contribution in [2.24, 2.45) is 0 Å². The summed E-state index contributed by atoms with van der Waals surface area (Å²) in [6.45, 7) is 2.52. The predicted octanol–water partition coefficient (Wildman–Crippen LogP) is 3.38. The van der Waals surface area contributed by atoms with Crippen LogP contribution in [0.5, 0.6) is 5.75 Å². The molecular formula is C19H22N2O2. The molecule has 2 aromatic rings. The van der Waals surface area contributed by atoms with E-state index in [-0.39, 0.29) is 0 Å². The van der Waals surface area contributed by atoms with Crippen LogP contribution in [0.25, 0.3) is 11.1 Å². The van der Waals surface area contributed by atoms with Gasteiger partial charge in [0.25, 0.3) is 0 Å². The minimum absolute atomic E-state index is 0.425. The lowest BCUT2D eigenvalue weighted by molar-refractivity contribution is -0.218. The van der Waals surface area contributed by atoms with Crippen molar-refractivity contribution in [3.63, 3.8) is 0 Å². The van der Waals surface area contributed by atoms with E-state index in [1.807, 2.05) is 7.05 Å². The first-order valence-electron chi connectivity index (χ1n) is 8.23. The van der Waals surface area contributed by atoms with Gasteiger partial charge in [0.1, 0.15) is 5.75 Å². The molecule has 0 amide bonds. The summed E-state index contributed by atoms with van der Waals surface area (Å²) in [5.41, 5.74) is 4.62. The molecule has 23 heavy (non-hydrogen) atoms. The topological polar surface area (TPSA) is 42.5 Å². The highest BCUT2D eigenvalue weighted by Gasteiger charge is 2.38. The van der Waals surface area contributed by atoms with E-state index in [9.17, 15) is 0 Å². The van der Waals surface area contributed by atoms with Crippen LogP contribution in [-0.4, -0.2) is 25.9 Å². The molecule has 4 nitrogen and oxygen atoms in total. The second kappa shape index (κ2) is 5.87. The highest BCUT2D eigenvalue weighted by atomic mass is 16.7. The number of rotatable bonds is 2. The van der Waals surface area contributed by atoms with E-state index in [4.69, 9.17) is 9.47 Å². The minimum Gasteiger partial charge on any atom is -0.462 e. The van der Waals surface area contributed by atoms with Crippen molar-refractivity contribution >= 4 is 5.69 Å². The molecule has 0 aliphatic carbocycles. The number of hydrogen-bond donors (Lipinski definition) is 2. The SMILES string of the molecule is CNc1cccc(-c2ccc3c(c2)COC2(CCNCC2)O3)c1. The summed E-state index contributed by atoms with van der Waals surface area (Å²) in [5.74, 6) is 0.540. The number of ether oxygens (including phenoxy) is 2. The summed E-state index contributed by atoms with van der Waals surface area (Å²) in [6, 6.07) is 14.8. The van der Waals surface area contributed by atoms with Gasteiger partial charge in [-0.3, -0.25) is 0 Å². The van der Waals surface area contributed by atoms with Crippen LogP contribution >= 0.6 is 0 Å². The molecule has 2 N–H and O–H groups in total. The zero-order chi connectivity index (χ0) is 15.7. The van der Waals surface area contributed by atoms with Gasteiger partial charge in [-0.15, -0.1) is 0 Å². The lowest BCUT2D eigenvalue weighted by Crippen LogP contribution is -2.49. The van der Waals surface area contributed by atoms with Gasteiger partial charge < -0.3 is 20.1 Å². The minimum atomic E-state index is -0.425. The van der Waals surface area contributed by atoms with E-state index >= 15 is 0 Å². The quantitative estimate of drug-likeness (QED) is 0.892. The first kappa shape index (κ1) is 14.5. The van der Waals surface area contributed by atoms with Crippen LogP contribution in [0.3, 0.4) is 0 Å². The molecule has 4 rings (SSSR count). The van der Waals surface area contributed by atoms with Crippen molar-refractivity contribution in [3.05, 3.63) is 48.0 Å². The van der Waals surface area contributed by atoms with E-state index in [1.165, 1.54) is 11.1 Å². The Morgan fingerprint density at radius 2 is 1.87 bits per heavy atom. The second-order valence-electron chi connectivity index (χ2n) is 6.20. The van der Waals surface area contributed by atoms with Crippen molar-refractivity contribution in [1.29, 1.82) is 0 Å². The number of hydrogen-bond acceptors (Lipinski definition) is 4. The molecule has 0 bridgehead atoms. The monoisotopic (exact) mass is 310 g/mol. The van der Waals surface area contributed by atoms with Gasteiger partial charge >= 0.3 is 0 Å². The Balaban J connectivity index is 1.62. The molecular weight excluding hydrogens is 288 g/mol. The third-order valence-corrected chi connectivity index (χ3v) is 4.70. The average Bonchev–Trinajstić information content (AvgIpc) is 2.62. The summed E-state index contributed by atoms with van der Waals surface area (Å²) in [7, 11) is 1.94. The maximum atomic E-state index is 6.22. The number of anilines is 1. The third-order valence-electron chi connectivity index (χ3n) is 4.70. The van der Waals surface area contributed by atoms with Crippen LogP contribution in [-0.2, 0) is 11.3 Å². The van der Waals surface area contributed by atoms with Gasteiger partial charge in [0.05, 0.1) is 6.61 Å². The highest BCUT2D eigenvalue weighted by molar-refractivity contribution is 5.69. The Bertz CT molecular complexity index is 708. The number of benzene rings is 2. The average molecular weight is 310 g/mol. The van der Waals surface area contributed by atoms with Gasteiger partial charge in [0, 0.05) is 44.2 Å². The lowest BCUT2D eigenvalue weighted by Gasteiger charge is -2.41. The largest absolute Gasteiger partial charge is 0.462 e. The Hall–Kier alpha value is -2.04. The second-order valence-corrected chi connectivity index (χ2v) is 6.20. The molecule has 1 fully saturated rings. The zero-order valence-corrected chi connectivity index (χ0v) is 13.4. The Morgan fingerprint density at radius 1 is 1.04 bits per heavy atom. The summed E-state index contributed by atoms with van der Waals surface area (Å²) in [6.07, 6.45) is 1.80. The molecule has 1 saturated heterocycles. The fourth-order valence-corrected chi connectivity index (χ4v) is 3.32. The molecule has 0 atom stereocenters. The Kier molecular flexibility index (Phi) is 3.71. The lowest BCUT2D eigenvalue weighted by atomic mass is 9.99. The van der Waals surface area contributed by atoms with Crippen molar-refractivity contribution in [2.45, 2.75) is 25.2 Å². The van der Waals surface area contributed by atoms with E-state index in [0.717, 1.165) is 42.9 Å². The van der Waals surface area contributed by atoms with E-state index in [1.54, 1.807) is 0 Å². The predicted molar refractivity (Wildman–Crippen MR) is 91.7 cm³/mol. The Morgan fingerprint density at radius 3 is 2.70 bits per heavy atom. The van der Waals surface area contributed by atoms with Gasteiger partial charge in [-0.05, 0) is 35.4 Å². The molecule has 0 radical (unpaired) electrons. The third kappa shape index (κ3) is 2.80. The normalized spacial score (nSPS) is 19.0. The van der Waals surface area contributed by atoms with Crippen LogP contribution in [0, 0.1) is 0 Å². The molecule has 0 unspecified atom stereocenters. The molecule has 2 aliphatic rings. The highest BCUT2D eigenvalue weighted by Crippen LogP contribution is 2.38. The van der Waals surface area contributed by atoms with Crippen LogP contribution in [0.1, 0.15) is 18.4 Å². The first-order chi connectivity index (χ1) is 11.3. The maximum Gasteiger partial charge on any atom is 0.213 e. The molecule has 120 valence electrons. The van der Waals surface area contributed by atoms with E-state index in [2.05, 4.69) is 53.1 Å². The van der Waals surface area contributed by atoms with Crippen LogP contribution in [0.15, 0.2) is 42.5 Å². The molecule has 0 aromatic heterocycles. The molecule has 4 heteroatoms. The summed E-state index contributed by atoms with van der Waals surface area (Å²) in [5, 5.41) is 6.54. The summed E-state index contributed by atoms with van der Waals surface area (Å²) < 4.78 is 12.3. The molecule has 0 saturated carbocycles. The smallest absolute Gasteiger partial charge is 0.213 e. The molecule has 1 spiro atoms. The summed E-state index contributed by atoms with van der Waals surface area (Å²) >= 11 is 0. The van der Waals surface area contributed by atoms with Gasteiger partial charge in [-0.25, -0.2) is 0 Å². The van der Waals surface area contributed by atoms with Crippen LogP contribution < -0.4 is 15.4 Å². The van der Waals surface area contributed by atoms with E-state index < -0.39 is 5.79 Å². The van der Waals surface area contributed by atoms with Crippen molar-refractivity contribution in [3.8, 4) is 16.9 Å². The Labute approximate surface area is 136 Å². The molecule has 2 heterocycles. The van der Waals surface area contributed by atoms with Crippen molar-refractivity contribution in [1.82, 2.24) is 5.32 Å². The van der Waals surface area contributed by atoms with Crippen LogP contribution in [0.4, 0.5) is 5.69 Å².